The molecule has 0 atom stereocenters. The zero-order chi connectivity index (χ0) is 13.6. The second-order valence-electron chi connectivity index (χ2n) is 4.93. The molecule has 1 saturated heterocycles. The van der Waals surface area contributed by atoms with Crippen molar-refractivity contribution in [1.29, 1.82) is 0 Å². The zero-order valence-corrected chi connectivity index (χ0v) is 10.2. The van der Waals surface area contributed by atoms with E-state index in [2.05, 4.69) is 0 Å². The minimum Gasteiger partial charge on any atom is -0.359 e. The van der Waals surface area contributed by atoms with Gasteiger partial charge in [-0.25, -0.2) is 0 Å². The molecule has 0 aliphatic carbocycles. The molecule has 1 aromatic carbocycles. The fraction of sp³-hybridized carbons (Fsp3) is 0.462. The van der Waals surface area contributed by atoms with Gasteiger partial charge in [0.25, 0.3) is 0 Å². The number of benzene rings is 1. The van der Waals surface area contributed by atoms with Crippen LogP contribution in [-0.2, 0) is 11.0 Å². The minimum atomic E-state index is -4.32. The first kappa shape index (κ1) is 12.9. The molecule has 1 aromatic rings. The Kier molecular flexibility index (Phi) is 2.87. The lowest BCUT2D eigenvalue weighted by Crippen LogP contribution is -2.42. The predicted octanol–water partition coefficient (Wildman–Crippen LogP) is 3.26. The van der Waals surface area contributed by atoms with Crippen LogP contribution in [0.1, 0.15) is 25.8 Å². The van der Waals surface area contributed by atoms with Gasteiger partial charge in [-0.1, -0.05) is 0 Å². The molecule has 0 aromatic heterocycles. The third-order valence-corrected chi connectivity index (χ3v) is 3.43. The molecular formula is C13H14F3NO. The Bertz CT molecular complexity index is 462. The first-order chi connectivity index (χ1) is 8.23. The molecule has 18 heavy (non-hydrogen) atoms. The number of anilines is 1. The summed E-state index contributed by atoms with van der Waals surface area (Å²) in [7, 11) is 0. The van der Waals surface area contributed by atoms with Gasteiger partial charge in [-0.3, -0.25) is 4.79 Å². The smallest absolute Gasteiger partial charge is 0.359 e. The highest BCUT2D eigenvalue weighted by Crippen LogP contribution is 2.34. The Morgan fingerprint density at radius 3 is 2.11 bits per heavy atom. The van der Waals surface area contributed by atoms with Gasteiger partial charge in [0, 0.05) is 18.7 Å². The highest BCUT2D eigenvalue weighted by molar-refractivity contribution is 5.94. The van der Waals surface area contributed by atoms with Crippen LogP contribution in [0.25, 0.3) is 0 Å². The molecule has 0 unspecified atom stereocenters. The van der Waals surface area contributed by atoms with Crippen molar-refractivity contribution in [1.82, 2.24) is 0 Å². The topological polar surface area (TPSA) is 20.3 Å². The van der Waals surface area contributed by atoms with Gasteiger partial charge in [0.1, 0.15) is 0 Å². The van der Waals surface area contributed by atoms with Crippen molar-refractivity contribution in [3.8, 4) is 0 Å². The van der Waals surface area contributed by atoms with Crippen molar-refractivity contribution < 1.29 is 18.0 Å². The number of carbonyl (C=O) groups excluding carboxylic acids is 1. The molecule has 0 N–H and O–H groups in total. The summed E-state index contributed by atoms with van der Waals surface area (Å²) in [6, 6.07) is 4.94. The number of ketones is 1. The van der Waals surface area contributed by atoms with Gasteiger partial charge < -0.3 is 4.90 Å². The van der Waals surface area contributed by atoms with E-state index in [0.717, 1.165) is 12.1 Å². The Balaban J connectivity index is 2.29. The Hall–Kier alpha value is -1.52. The Labute approximate surface area is 103 Å². The molecule has 0 bridgehead atoms. The number of nitrogens with zero attached hydrogens (tertiary/aromatic N) is 1. The fourth-order valence-electron chi connectivity index (χ4n) is 2.23. The number of carbonyl (C=O) groups is 1. The van der Waals surface area contributed by atoms with Gasteiger partial charge in [-0.2, -0.15) is 13.2 Å². The van der Waals surface area contributed by atoms with Crippen molar-refractivity contribution in [3.63, 3.8) is 0 Å². The molecule has 0 spiro atoms. The summed E-state index contributed by atoms with van der Waals surface area (Å²) in [6.45, 7) is 4.14. The second-order valence-corrected chi connectivity index (χ2v) is 4.93. The summed E-state index contributed by atoms with van der Waals surface area (Å²) in [6.07, 6.45) is -3.89. The van der Waals surface area contributed by atoms with E-state index in [1.54, 1.807) is 13.8 Å². The summed E-state index contributed by atoms with van der Waals surface area (Å²) in [5.41, 5.74) is -0.659. The second kappa shape index (κ2) is 4.00. The van der Waals surface area contributed by atoms with Crippen LogP contribution in [0, 0.1) is 0 Å². The number of hydrogen-bond donors (Lipinski definition) is 0. The van der Waals surface area contributed by atoms with Gasteiger partial charge in [-0.15, -0.1) is 0 Å². The molecule has 5 heteroatoms. The predicted molar refractivity (Wildman–Crippen MR) is 62.5 cm³/mol. The van der Waals surface area contributed by atoms with E-state index in [1.165, 1.54) is 12.1 Å². The molecule has 2 nitrogen and oxygen atoms in total. The van der Waals surface area contributed by atoms with Crippen molar-refractivity contribution in [2.45, 2.75) is 32.0 Å². The zero-order valence-electron chi connectivity index (χ0n) is 10.2. The van der Waals surface area contributed by atoms with Gasteiger partial charge in [0.2, 0.25) is 0 Å². The molecular weight excluding hydrogens is 243 g/mol. The van der Waals surface area contributed by atoms with Crippen LogP contribution < -0.4 is 4.90 Å². The Morgan fingerprint density at radius 1 is 1.17 bits per heavy atom. The van der Waals surface area contributed by atoms with E-state index in [4.69, 9.17) is 0 Å². The number of Topliss-reactive ketones (excluding diaryl/α,β-unsaturated/α-hetero) is 1. The normalized spacial score (nSPS) is 19.4. The number of alkyl halides is 3. The van der Waals surface area contributed by atoms with Crippen LogP contribution in [0.2, 0.25) is 0 Å². The largest absolute Gasteiger partial charge is 0.416 e. The van der Waals surface area contributed by atoms with E-state index in [-0.39, 0.29) is 5.78 Å². The van der Waals surface area contributed by atoms with Gasteiger partial charge >= 0.3 is 6.18 Å². The lowest BCUT2D eigenvalue weighted by molar-refractivity contribution is -0.137. The first-order valence-electron chi connectivity index (χ1n) is 5.71. The lowest BCUT2D eigenvalue weighted by Gasteiger charge is -2.32. The standard InChI is InChI=1S/C13H14F3NO/c1-12(2)11(18)7-8-17(12)10-5-3-9(4-6-10)13(14,15)16/h3-6H,7-8H2,1-2H3. The maximum absolute atomic E-state index is 12.4. The van der Waals surface area contributed by atoms with E-state index in [9.17, 15) is 18.0 Å². The summed E-state index contributed by atoms with van der Waals surface area (Å²) in [4.78, 5) is 13.5. The summed E-state index contributed by atoms with van der Waals surface area (Å²) < 4.78 is 37.3. The first-order valence-corrected chi connectivity index (χ1v) is 5.71. The molecule has 0 amide bonds. The van der Waals surface area contributed by atoms with Crippen LogP contribution in [-0.4, -0.2) is 17.9 Å². The molecule has 1 fully saturated rings. The van der Waals surface area contributed by atoms with Crippen LogP contribution in [0.15, 0.2) is 24.3 Å². The van der Waals surface area contributed by atoms with Gasteiger partial charge in [0.15, 0.2) is 5.78 Å². The van der Waals surface area contributed by atoms with Gasteiger partial charge in [0.05, 0.1) is 11.1 Å². The Morgan fingerprint density at radius 2 is 1.72 bits per heavy atom. The highest BCUT2D eigenvalue weighted by atomic mass is 19.4. The molecule has 1 aliphatic heterocycles. The van der Waals surface area contributed by atoms with Crippen molar-refractivity contribution >= 4 is 11.5 Å². The lowest BCUT2D eigenvalue weighted by atomic mass is 10.00. The summed E-state index contributed by atoms with van der Waals surface area (Å²) in [5.74, 6) is 0.113. The third-order valence-electron chi connectivity index (χ3n) is 3.43. The van der Waals surface area contributed by atoms with Crippen molar-refractivity contribution in [2.75, 3.05) is 11.4 Å². The van der Waals surface area contributed by atoms with Crippen LogP contribution in [0.5, 0.6) is 0 Å². The number of rotatable bonds is 1. The quantitative estimate of drug-likeness (QED) is 0.769. The highest BCUT2D eigenvalue weighted by Gasteiger charge is 2.40. The van der Waals surface area contributed by atoms with Crippen LogP contribution >= 0.6 is 0 Å². The van der Waals surface area contributed by atoms with E-state index in [0.29, 0.717) is 18.7 Å². The maximum atomic E-state index is 12.4. The molecule has 0 radical (unpaired) electrons. The van der Waals surface area contributed by atoms with Crippen molar-refractivity contribution in [2.24, 2.45) is 0 Å². The van der Waals surface area contributed by atoms with E-state index in [1.807, 2.05) is 4.90 Å². The minimum absolute atomic E-state index is 0.113. The fourth-order valence-corrected chi connectivity index (χ4v) is 2.23. The van der Waals surface area contributed by atoms with Gasteiger partial charge in [-0.05, 0) is 38.1 Å². The number of halogens is 3. The van der Waals surface area contributed by atoms with Crippen molar-refractivity contribution in [3.05, 3.63) is 29.8 Å². The molecule has 1 aliphatic rings. The molecule has 98 valence electrons. The average Bonchev–Trinajstić information content (AvgIpc) is 2.53. The molecule has 1 heterocycles. The molecule has 2 rings (SSSR count). The maximum Gasteiger partial charge on any atom is 0.416 e. The summed E-state index contributed by atoms with van der Waals surface area (Å²) in [5, 5.41) is 0. The SMILES string of the molecule is CC1(C)C(=O)CCN1c1ccc(C(F)(F)F)cc1. The van der Waals surface area contributed by atoms with Crippen LogP contribution in [0.3, 0.4) is 0 Å². The van der Waals surface area contributed by atoms with E-state index < -0.39 is 17.3 Å². The third kappa shape index (κ3) is 2.09. The van der Waals surface area contributed by atoms with Crippen LogP contribution in [0.4, 0.5) is 18.9 Å². The average molecular weight is 257 g/mol. The van der Waals surface area contributed by atoms with E-state index >= 15 is 0 Å². The molecule has 0 saturated carbocycles. The number of hydrogen-bond acceptors (Lipinski definition) is 2. The summed E-state index contributed by atoms with van der Waals surface area (Å²) >= 11 is 0. The monoisotopic (exact) mass is 257 g/mol.